The number of aliphatic imine (C=N–C) groups is 2. The van der Waals surface area contributed by atoms with E-state index in [9.17, 15) is 14.9 Å². The van der Waals surface area contributed by atoms with Crippen molar-refractivity contribution >= 4 is 29.0 Å². The molecule has 7 heteroatoms. The summed E-state index contributed by atoms with van der Waals surface area (Å²) >= 11 is 0. The maximum absolute atomic E-state index is 12.9. The molecular formula is C22H20N4O3. The van der Waals surface area contributed by atoms with E-state index < -0.39 is 11.0 Å². The smallest absolute Gasteiger partial charge is 0.271 e. The van der Waals surface area contributed by atoms with Crippen LogP contribution in [-0.2, 0) is 11.2 Å². The number of carbonyl (C=O) groups is 1. The largest absolute Gasteiger partial charge is 0.300 e. The molecule has 3 aliphatic rings. The molecule has 29 heavy (non-hydrogen) atoms. The van der Waals surface area contributed by atoms with E-state index in [4.69, 9.17) is 4.99 Å². The number of non-ortho nitro benzene ring substituents is 1. The van der Waals surface area contributed by atoms with Crippen LogP contribution in [0.2, 0.25) is 0 Å². The Morgan fingerprint density at radius 2 is 1.83 bits per heavy atom. The van der Waals surface area contributed by atoms with Crippen molar-refractivity contribution in [1.82, 2.24) is 4.90 Å². The SMILES string of the molecule is O=C1N=C2c3cc([N+](=O)[O-])ccc3N=C(C3CCCC3)N2C1Cc1ccccc1. The molecule has 0 saturated heterocycles. The van der Waals surface area contributed by atoms with E-state index in [1.165, 1.54) is 12.1 Å². The predicted molar refractivity (Wildman–Crippen MR) is 109 cm³/mol. The molecule has 7 nitrogen and oxygen atoms in total. The summed E-state index contributed by atoms with van der Waals surface area (Å²) in [7, 11) is 0. The summed E-state index contributed by atoms with van der Waals surface area (Å²) in [5.41, 5.74) is 2.24. The highest BCUT2D eigenvalue weighted by atomic mass is 16.6. The Hall–Kier alpha value is -3.35. The summed E-state index contributed by atoms with van der Waals surface area (Å²) < 4.78 is 0. The molecule has 0 aromatic heterocycles. The second kappa shape index (κ2) is 6.92. The Morgan fingerprint density at radius 3 is 2.55 bits per heavy atom. The highest BCUT2D eigenvalue weighted by Gasteiger charge is 2.44. The molecule has 2 aromatic rings. The molecule has 1 amide bonds. The molecular weight excluding hydrogens is 368 g/mol. The van der Waals surface area contributed by atoms with E-state index in [2.05, 4.69) is 4.99 Å². The number of carbonyl (C=O) groups excluding carboxylic acids is 1. The topological polar surface area (TPSA) is 88.2 Å². The van der Waals surface area contributed by atoms with Crippen molar-refractivity contribution in [3.8, 4) is 0 Å². The number of hydrogen-bond acceptors (Lipinski definition) is 5. The summed E-state index contributed by atoms with van der Waals surface area (Å²) in [5, 5.41) is 11.3. The van der Waals surface area contributed by atoms with Gasteiger partial charge in [0.15, 0.2) is 0 Å². The molecule has 1 atom stereocenters. The average Bonchev–Trinajstić information content (AvgIpc) is 3.37. The fourth-order valence-electron chi connectivity index (χ4n) is 4.53. The van der Waals surface area contributed by atoms with E-state index in [0.717, 1.165) is 37.1 Å². The number of nitrogens with zero attached hydrogens (tertiary/aromatic N) is 4. The fraction of sp³-hybridized carbons (Fsp3) is 0.318. The van der Waals surface area contributed by atoms with Gasteiger partial charge in [-0.3, -0.25) is 14.9 Å². The summed E-state index contributed by atoms with van der Waals surface area (Å²) in [6, 6.07) is 14.0. The van der Waals surface area contributed by atoms with Gasteiger partial charge in [0.2, 0.25) is 0 Å². The number of nitro benzene ring substituents is 1. The number of nitro groups is 1. The highest BCUT2D eigenvalue weighted by Crippen LogP contribution is 2.39. The molecule has 1 aliphatic carbocycles. The molecule has 2 heterocycles. The number of amidine groups is 2. The first-order valence-corrected chi connectivity index (χ1v) is 9.95. The molecule has 0 radical (unpaired) electrons. The lowest BCUT2D eigenvalue weighted by atomic mass is 9.97. The first-order chi connectivity index (χ1) is 14.1. The van der Waals surface area contributed by atoms with E-state index in [-0.39, 0.29) is 17.5 Å². The summed E-state index contributed by atoms with van der Waals surface area (Å²) in [6.45, 7) is 0. The van der Waals surface area contributed by atoms with E-state index in [1.807, 2.05) is 35.2 Å². The van der Waals surface area contributed by atoms with Gasteiger partial charge >= 0.3 is 0 Å². The van der Waals surface area contributed by atoms with Gasteiger partial charge in [0.05, 0.1) is 16.2 Å². The molecule has 1 unspecified atom stereocenters. The number of fused-ring (bicyclic) bond motifs is 3. The van der Waals surface area contributed by atoms with Crippen molar-refractivity contribution in [2.75, 3.05) is 0 Å². The molecule has 1 saturated carbocycles. The minimum Gasteiger partial charge on any atom is -0.300 e. The average molecular weight is 388 g/mol. The van der Waals surface area contributed by atoms with Gasteiger partial charge in [-0.05, 0) is 24.5 Å². The highest BCUT2D eigenvalue weighted by molar-refractivity contribution is 6.23. The van der Waals surface area contributed by atoms with Crippen molar-refractivity contribution in [3.05, 3.63) is 69.8 Å². The van der Waals surface area contributed by atoms with Crippen LogP contribution in [0, 0.1) is 16.0 Å². The third-order valence-electron chi connectivity index (χ3n) is 5.95. The van der Waals surface area contributed by atoms with Crippen LogP contribution in [0.1, 0.15) is 36.8 Å². The van der Waals surface area contributed by atoms with E-state index in [0.29, 0.717) is 23.5 Å². The first kappa shape index (κ1) is 17.7. The second-order valence-corrected chi connectivity index (χ2v) is 7.76. The summed E-state index contributed by atoms with van der Waals surface area (Å²) in [6.07, 6.45) is 4.90. The van der Waals surface area contributed by atoms with Crippen LogP contribution in [0.15, 0.2) is 58.5 Å². The van der Waals surface area contributed by atoms with Gasteiger partial charge in [-0.15, -0.1) is 0 Å². The van der Waals surface area contributed by atoms with Crippen LogP contribution in [0.4, 0.5) is 11.4 Å². The standard InChI is InChI=1S/C22H20N4O3/c27-22-19(12-14-6-2-1-3-7-14)25-20(15-8-4-5-9-15)23-18-11-10-16(26(28)29)13-17(18)21(25)24-22/h1-3,6-7,10-11,13,15,19H,4-5,8-9,12H2. The fourth-order valence-corrected chi connectivity index (χ4v) is 4.53. The molecule has 5 rings (SSSR count). The van der Waals surface area contributed by atoms with Crippen molar-refractivity contribution in [2.24, 2.45) is 15.9 Å². The van der Waals surface area contributed by atoms with Crippen molar-refractivity contribution in [3.63, 3.8) is 0 Å². The van der Waals surface area contributed by atoms with Crippen LogP contribution < -0.4 is 0 Å². The Bertz CT molecular complexity index is 1050. The molecule has 2 aromatic carbocycles. The van der Waals surface area contributed by atoms with E-state index >= 15 is 0 Å². The number of hydrogen-bond donors (Lipinski definition) is 0. The van der Waals surface area contributed by atoms with Crippen LogP contribution >= 0.6 is 0 Å². The third kappa shape index (κ3) is 3.03. The van der Waals surface area contributed by atoms with Crippen molar-refractivity contribution in [1.29, 1.82) is 0 Å². The zero-order valence-electron chi connectivity index (χ0n) is 15.8. The van der Waals surface area contributed by atoms with Gasteiger partial charge in [-0.25, -0.2) is 4.99 Å². The predicted octanol–water partition coefficient (Wildman–Crippen LogP) is 4.03. The lowest BCUT2D eigenvalue weighted by Crippen LogP contribution is -2.48. The van der Waals surface area contributed by atoms with Crippen LogP contribution in [0.3, 0.4) is 0 Å². The van der Waals surface area contributed by atoms with E-state index in [1.54, 1.807) is 6.07 Å². The summed E-state index contributed by atoms with van der Waals surface area (Å²) in [5.74, 6) is 1.46. The zero-order valence-corrected chi connectivity index (χ0v) is 15.8. The zero-order chi connectivity index (χ0) is 20.0. The Kier molecular flexibility index (Phi) is 4.23. The quantitative estimate of drug-likeness (QED) is 0.584. The molecule has 1 fully saturated rings. The second-order valence-electron chi connectivity index (χ2n) is 7.76. The van der Waals surface area contributed by atoms with Gasteiger partial charge in [0.25, 0.3) is 11.6 Å². The van der Waals surface area contributed by atoms with Crippen molar-refractivity contribution < 1.29 is 9.72 Å². The minimum atomic E-state index is -0.459. The maximum atomic E-state index is 12.9. The molecule has 146 valence electrons. The first-order valence-electron chi connectivity index (χ1n) is 9.95. The molecule has 0 bridgehead atoms. The van der Waals surface area contributed by atoms with Gasteiger partial charge < -0.3 is 4.90 Å². The van der Waals surface area contributed by atoms with Gasteiger partial charge in [-0.2, -0.15) is 4.99 Å². The lowest BCUT2D eigenvalue weighted by Gasteiger charge is -2.34. The number of amides is 1. The Labute approximate surface area is 167 Å². The monoisotopic (exact) mass is 388 g/mol. The van der Waals surface area contributed by atoms with Crippen LogP contribution in [0.5, 0.6) is 0 Å². The molecule has 2 aliphatic heterocycles. The maximum Gasteiger partial charge on any atom is 0.271 e. The van der Waals surface area contributed by atoms with Gasteiger partial charge in [-0.1, -0.05) is 43.2 Å². The normalized spacial score (nSPS) is 20.9. The summed E-state index contributed by atoms with van der Waals surface area (Å²) in [4.78, 5) is 34.9. The lowest BCUT2D eigenvalue weighted by molar-refractivity contribution is -0.384. The Balaban J connectivity index is 1.61. The third-order valence-corrected chi connectivity index (χ3v) is 5.95. The van der Waals surface area contributed by atoms with Crippen LogP contribution in [-0.4, -0.2) is 33.4 Å². The molecule has 0 N–H and O–H groups in total. The molecule has 0 spiro atoms. The number of rotatable bonds is 4. The number of benzene rings is 2. The van der Waals surface area contributed by atoms with Gasteiger partial charge in [0.1, 0.15) is 17.7 Å². The van der Waals surface area contributed by atoms with Gasteiger partial charge in [0, 0.05) is 24.5 Å². The van der Waals surface area contributed by atoms with Crippen LogP contribution in [0.25, 0.3) is 0 Å². The Morgan fingerprint density at radius 1 is 1.07 bits per heavy atom. The van der Waals surface area contributed by atoms with Crippen molar-refractivity contribution in [2.45, 2.75) is 38.1 Å². The minimum absolute atomic E-state index is 0.0233.